The van der Waals surface area contributed by atoms with Crippen molar-refractivity contribution in [2.24, 2.45) is 0 Å². The molecule has 0 saturated heterocycles. The summed E-state index contributed by atoms with van der Waals surface area (Å²) in [5.41, 5.74) is 0. The Morgan fingerprint density at radius 1 is 1.54 bits per heavy atom. The molecule has 0 radical (unpaired) electrons. The maximum Gasteiger partial charge on any atom is 0.221 e. The van der Waals surface area contributed by atoms with Crippen molar-refractivity contribution < 1.29 is 12.8 Å². The maximum atomic E-state index is 10.9. The summed E-state index contributed by atoms with van der Waals surface area (Å²) >= 11 is 2.88. The van der Waals surface area contributed by atoms with Gasteiger partial charge in [-0.05, 0) is 12.1 Å². The fourth-order valence-corrected chi connectivity index (χ4v) is 1.80. The van der Waals surface area contributed by atoms with Crippen LogP contribution in [0.2, 0.25) is 0 Å². The second kappa shape index (κ2) is 4.78. The first-order chi connectivity index (χ1) is 6.14. The largest absolute Gasteiger partial charge is 0.469 e. The zero-order valence-electron chi connectivity index (χ0n) is 6.86. The molecule has 0 aliphatic carbocycles. The van der Waals surface area contributed by atoms with Crippen molar-refractivity contribution in [2.45, 2.75) is 6.42 Å². The van der Waals surface area contributed by atoms with E-state index in [4.69, 9.17) is 4.42 Å². The summed E-state index contributed by atoms with van der Waals surface area (Å²) in [5.74, 6) is 0.775. The van der Waals surface area contributed by atoms with E-state index in [1.807, 2.05) is 6.07 Å². The average molecular weight is 268 g/mol. The van der Waals surface area contributed by atoms with Crippen LogP contribution < -0.4 is 4.72 Å². The molecule has 0 fully saturated rings. The van der Waals surface area contributed by atoms with E-state index in [0.717, 1.165) is 5.76 Å². The molecule has 1 heterocycles. The minimum atomic E-state index is -3.15. The van der Waals surface area contributed by atoms with E-state index in [1.54, 1.807) is 12.3 Å². The number of nitrogens with one attached hydrogen (secondary N) is 1. The molecule has 74 valence electrons. The SMILES string of the molecule is O=S(=O)(CBr)NCCc1ccco1. The van der Waals surface area contributed by atoms with Gasteiger partial charge in [0.1, 0.15) is 10.4 Å². The second-order valence-corrected chi connectivity index (χ2v) is 5.56. The van der Waals surface area contributed by atoms with Crippen molar-refractivity contribution in [1.29, 1.82) is 0 Å². The molecule has 1 aromatic rings. The van der Waals surface area contributed by atoms with E-state index in [2.05, 4.69) is 20.7 Å². The number of furan rings is 1. The van der Waals surface area contributed by atoms with Crippen molar-refractivity contribution in [3.63, 3.8) is 0 Å². The second-order valence-electron chi connectivity index (χ2n) is 2.45. The first-order valence-corrected chi connectivity index (χ1v) is 6.47. The number of alkyl halides is 1. The Labute approximate surface area is 85.5 Å². The molecule has 6 heteroatoms. The number of sulfonamides is 1. The van der Waals surface area contributed by atoms with Crippen molar-refractivity contribution in [2.75, 3.05) is 11.2 Å². The Bertz CT molecular complexity index is 333. The van der Waals surface area contributed by atoms with Gasteiger partial charge in [0, 0.05) is 13.0 Å². The van der Waals surface area contributed by atoms with E-state index in [1.165, 1.54) is 0 Å². The molecule has 0 saturated carbocycles. The minimum absolute atomic E-state index is 0.0713. The Balaban J connectivity index is 2.30. The summed E-state index contributed by atoms with van der Waals surface area (Å²) in [7, 11) is -3.15. The lowest BCUT2D eigenvalue weighted by molar-refractivity contribution is 0.506. The Hall–Kier alpha value is -0.330. The van der Waals surface area contributed by atoms with E-state index in [9.17, 15) is 8.42 Å². The molecule has 13 heavy (non-hydrogen) atoms. The molecule has 1 N–H and O–H groups in total. The van der Waals surface area contributed by atoms with Gasteiger partial charge in [-0.25, -0.2) is 13.1 Å². The van der Waals surface area contributed by atoms with E-state index in [-0.39, 0.29) is 4.66 Å². The van der Waals surface area contributed by atoms with E-state index in [0.29, 0.717) is 13.0 Å². The fourth-order valence-electron chi connectivity index (χ4n) is 0.823. The molecule has 0 aliphatic rings. The number of rotatable bonds is 5. The molecule has 4 nitrogen and oxygen atoms in total. The van der Waals surface area contributed by atoms with Crippen LogP contribution in [-0.2, 0) is 16.4 Å². The van der Waals surface area contributed by atoms with Crippen molar-refractivity contribution in [3.8, 4) is 0 Å². The van der Waals surface area contributed by atoms with Crippen molar-refractivity contribution in [3.05, 3.63) is 24.2 Å². The van der Waals surface area contributed by atoms with Crippen LogP contribution in [0.5, 0.6) is 0 Å². The van der Waals surface area contributed by atoms with Gasteiger partial charge in [-0.1, -0.05) is 15.9 Å². The lowest BCUT2D eigenvalue weighted by Crippen LogP contribution is -2.26. The molecular weight excluding hydrogens is 258 g/mol. The van der Waals surface area contributed by atoms with Crippen LogP contribution in [0.15, 0.2) is 22.8 Å². The summed E-state index contributed by atoms with van der Waals surface area (Å²) in [5, 5.41) is 0. The van der Waals surface area contributed by atoms with Crippen molar-refractivity contribution >= 4 is 26.0 Å². The number of halogens is 1. The highest BCUT2D eigenvalue weighted by atomic mass is 79.9. The Morgan fingerprint density at radius 3 is 2.85 bits per heavy atom. The highest BCUT2D eigenvalue weighted by molar-refractivity contribution is 9.10. The molecule has 0 atom stereocenters. The summed E-state index contributed by atoms with van der Waals surface area (Å²) in [4.78, 5) is 0. The number of hydrogen-bond acceptors (Lipinski definition) is 3. The van der Waals surface area contributed by atoms with Gasteiger partial charge < -0.3 is 4.42 Å². The normalized spacial score (nSPS) is 11.8. The van der Waals surface area contributed by atoms with Gasteiger partial charge >= 0.3 is 0 Å². The summed E-state index contributed by atoms with van der Waals surface area (Å²) in [6.07, 6.45) is 2.13. The van der Waals surface area contributed by atoms with Crippen LogP contribution in [-0.4, -0.2) is 19.6 Å². The first kappa shape index (κ1) is 10.7. The van der Waals surface area contributed by atoms with Gasteiger partial charge in [-0.2, -0.15) is 0 Å². The van der Waals surface area contributed by atoms with Crippen LogP contribution in [0.25, 0.3) is 0 Å². The standard InChI is InChI=1S/C7H10BrNO3S/c8-6-13(10,11)9-4-3-7-2-1-5-12-7/h1-2,5,9H,3-4,6H2. The molecule has 0 aliphatic heterocycles. The Kier molecular flexibility index (Phi) is 3.95. The van der Waals surface area contributed by atoms with Gasteiger partial charge in [0.2, 0.25) is 10.0 Å². The van der Waals surface area contributed by atoms with Gasteiger partial charge in [-0.15, -0.1) is 0 Å². The van der Waals surface area contributed by atoms with Crippen LogP contribution in [0, 0.1) is 0 Å². The summed E-state index contributed by atoms with van der Waals surface area (Å²) < 4.78 is 29.3. The molecule has 0 bridgehead atoms. The molecule has 0 spiro atoms. The molecule has 1 rings (SSSR count). The lowest BCUT2D eigenvalue weighted by Gasteiger charge is -2.01. The lowest BCUT2D eigenvalue weighted by atomic mass is 10.3. The number of hydrogen-bond donors (Lipinski definition) is 1. The van der Waals surface area contributed by atoms with Crippen LogP contribution in [0.4, 0.5) is 0 Å². The quantitative estimate of drug-likeness (QED) is 0.813. The van der Waals surface area contributed by atoms with Crippen LogP contribution in [0.1, 0.15) is 5.76 Å². The smallest absolute Gasteiger partial charge is 0.221 e. The molecular formula is C7H10BrNO3S. The van der Waals surface area contributed by atoms with Gasteiger partial charge in [0.05, 0.1) is 6.26 Å². The zero-order chi connectivity index (χ0) is 9.73. The maximum absolute atomic E-state index is 10.9. The van der Waals surface area contributed by atoms with Crippen LogP contribution >= 0.6 is 15.9 Å². The fraction of sp³-hybridized carbons (Fsp3) is 0.429. The molecule has 1 aromatic heterocycles. The highest BCUT2D eigenvalue weighted by Crippen LogP contribution is 2.00. The zero-order valence-corrected chi connectivity index (χ0v) is 9.27. The third-order valence-corrected chi connectivity index (χ3v) is 4.16. The van der Waals surface area contributed by atoms with Crippen molar-refractivity contribution in [1.82, 2.24) is 4.72 Å². The summed E-state index contributed by atoms with van der Waals surface area (Å²) in [6, 6.07) is 3.58. The first-order valence-electron chi connectivity index (χ1n) is 3.70. The molecule has 0 amide bonds. The topological polar surface area (TPSA) is 59.3 Å². The monoisotopic (exact) mass is 267 g/mol. The third kappa shape index (κ3) is 3.93. The summed E-state index contributed by atoms with van der Waals surface area (Å²) in [6.45, 7) is 0.363. The Morgan fingerprint density at radius 2 is 2.31 bits per heavy atom. The molecule has 0 aromatic carbocycles. The minimum Gasteiger partial charge on any atom is -0.469 e. The van der Waals surface area contributed by atoms with E-state index < -0.39 is 10.0 Å². The van der Waals surface area contributed by atoms with E-state index >= 15 is 0 Å². The predicted octanol–water partition coefficient (Wildman–Crippen LogP) is 1.09. The van der Waals surface area contributed by atoms with Crippen LogP contribution in [0.3, 0.4) is 0 Å². The highest BCUT2D eigenvalue weighted by Gasteiger charge is 2.06. The predicted molar refractivity (Wildman–Crippen MR) is 53.1 cm³/mol. The third-order valence-electron chi connectivity index (χ3n) is 1.42. The van der Waals surface area contributed by atoms with Gasteiger partial charge in [0.25, 0.3) is 0 Å². The average Bonchev–Trinajstić information content (AvgIpc) is 2.57. The molecule has 0 unspecified atom stereocenters. The van der Waals surface area contributed by atoms with Gasteiger partial charge in [0.15, 0.2) is 0 Å². The van der Waals surface area contributed by atoms with Gasteiger partial charge in [-0.3, -0.25) is 0 Å².